The van der Waals surface area contributed by atoms with Crippen LogP contribution in [0.5, 0.6) is 0 Å². The summed E-state index contributed by atoms with van der Waals surface area (Å²) in [5.74, 6) is 0.876. The van der Waals surface area contributed by atoms with Gasteiger partial charge in [0.05, 0.1) is 6.10 Å². The molecule has 1 fully saturated rings. The van der Waals surface area contributed by atoms with E-state index in [1.165, 1.54) is 19.3 Å². The Bertz CT molecular complexity index is 114. The second-order valence-corrected chi connectivity index (χ2v) is 3.87. The molecular formula is C9H19NO. The molecule has 2 N–H and O–H groups in total. The van der Waals surface area contributed by atoms with Gasteiger partial charge in [-0.15, -0.1) is 0 Å². The summed E-state index contributed by atoms with van der Waals surface area (Å²) in [7, 11) is 0. The molecule has 66 valence electrons. The van der Waals surface area contributed by atoms with Crippen LogP contribution in [0.15, 0.2) is 0 Å². The third kappa shape index (κ3) is 3.21. The molecule has 3 atom stereocenters. The number of hydrogen-bond acceptors (Lipinski definition) is 2. The van der Waals surface area contributed by atoms with Crippen molar-refractivity contribution in [2.45, 2.75) is 45.3 Å². The second-order valence-electron chi connectivity index (χ2n) is 3.87. The molecule has 0 aliphatic heterocycles. The smallest absolute Gasteiger partial charge is 0.0636 e. The molecule has 2 nitrogen and oxygen atoms in total. The molecule has 0 saturated heterocycles. The molecule has 11 heavy (non-hydrogen) atoms. The van der Waals surface area contributed by atoms with Gasteiger partial charge in [0.25, 0.3) is 0 Å². The number of nitrogens with one attached hydrogen (secondary N) is 1. The molecule has 0 aromatic carbocycles. The van der Waals surface area contributed by atoms with Crippen molar-refractivity contribution in [3.8, 4) is 0 Å². The maximum absolute atomic E-state index is 9.02. The molecule has 1 rings (SSSR count). The van der Waals surface area contributed by atoms with E-state index in [9.17, 15) is 0 Å². The van der Waals surface area contributed by atoms with Gasteiger partial charge in [-0.2, -0.15) is 0 Å². The van der Waals surface area contributed by atoms with Crippen LogP contribution in [0.2, 0.25) is 0 Å². The van der Waals surface area contributed by atoms with E-state index >= 15 is 0 Å². The normalized spacial score (nSPS) is 34.1. The van der Waals surface area contributed by atoms with Crippen molar-refractivity contribution >= 4 is 0 Å². The fraction of sp³-hybridized carbons (Fsp3) is 1.00. The Labute approximate surface area is 69.0 Å². The predicted octanol–water partition coefficient (Wildman–Crippen LogP) is 1.15. The lowest BCUT2D eigenvalue weighted by molar-refractivity contribution is 0.186. The number of aliphatic hydroxyl groups is 1. The Hall–Kier alpha value is -0.0800. The van der Waals surface area contributed by atoms with Crippen LogP contribution >= 0.6 is 0 Å². The number of hydrogen-bond donors (Lipinski definition) is 2. The maximum Gasteiger partial charge on any atom is 0.0636 e. The molecule has 0 radical (unpaired) electrons. The van der Waals surface area contributed by atoms with E-state index in [0.717, 1.165) is 12.5 Å². The van der Waals surface area contributed by atoms with Crippen LogP contribution in [0.25, 0.3) is 0 Å². The highest BCUT2D eigenvalue weighted by molar-refractivity contribution is 4.78. The molecule has 0 bridgehead atoms. The van der Waals surface area contributed by atoms with E-state index < -0.39 is 0 Å². The van der Waals surface area contributed by atoms with Gasteiger partial charge in [0.15, 0.2) is 0 Å². The molecule has 2 heteroatoms. The van der Waals surface area contributed by atoms with Gasteiger partial charge in [0.2, 0.25) is 0 Å². The van der Waals surface area contributed by atoms with Crippen LogP contribution in [-0.4, -0.2) is 23.8 Å². The van der Waals surface area contributed by atoms with Gasteiger partial charge in [-0.3, -0.25) is 0 Å². The highest BCUT2D eigenvalue weighted by Crippen LogP contribution is 2.24. The Balaban J connectivity index is 2.08. The van der Waals surface area contributed by atoms with Gasteiger partial charge in [-0.25, -0.2) is 0 Å². The second kappa shape index (κ2) is 4.07. The third-order valence-corrected chi connectivity index (χ3v) is 2.40. The highest BCUT2D eigenvalue weighted by Gasteiger charge is 2.20. The first-order valence-electron chi connectivity index (χ1n) is 4.60. The van der Waals surface area contributed by atoms with Crippen molar-refractivity contribution in [2.75, 3.05) is 6.54 Å². The molecule has 0 aromatic heterocycles. The Morgan fingerprint density at radius 2 is 2.27 bits per heavy atom. The average Bonchev–Trinajstić information content (AvgIpc) is 2.31. The number of rotatable bonds is 3. The summed E-state index contributed by atoms with van der Waals surface area (Å²) in [6.07, 6.45) is 3.71. The average molecular weight is 157 g/mol. The van der Waals surface area contributed by atoms with Crippen LogP contribution in [0.4, 0.5) is 0 Å². The molecule has 0 amide bonds. The SMILES string of the molecule is C[C@H]1CC[C@H](NC[C@H](C)O)C1. The molecule has 0 spiro atoms. The van der Waals surface area contributed by atoms with Gasteiger partial charge < -0.3 is 10.4 Å². The first-order valence-corrected chi connectivity index (χ1v) is 4.60. The Morgan fingerprint density at radius 1 is 1.55 bits per heavy atom. The molecule has 0 heterocycles. The van der Waals surface area contributed by atoms with Crippen molar-refractivity contribution in [1.82, 2.24) is 5.32 Å². The van der Waals surface area contributed by atoms with E-state index in [2.05, 4.69) is 12.2 Å². The van der Waals surface area contributed by atoms with Crippen LogP contribution in [0.1, 0.15) is 33.1 Å². The number of aliphatic hydroxyl groups excluding tert-OH is 1. The highest BCUT2D eigenvalue weighted by atomic mass is 16.3. The van der Waals surface area contributed by atoms with E-state index in [1.807, 2.05) is 6.92 Å². The summed E-state index contributed by atoms with van der Waals surface area (Å²) in [4.78, 5) is 0. The minimum absolute atomic E-state index is 0.203. The summed E-state index contributed by atoms with van der Waals surface area (Å²) in [5.41, 5.74) is 0. The standard InChI is InChI=1S/C9H19NO/c1-7-3-4-9(5-7)10-6-8(2)11/h7-11H,3-6H2,1-2H3/t7-,8-,9-/m0/s1. The Morgan fingerprint density at radius 3 is 2.73 bits per heavy atom. The monoisotopic (exact) mass is 157 g/mol. The summed E-state index contributed by atoms with van der Waals surface area (Å²) < 4.78 is 0. The van der Waals surface area contributed by atoms with E-state index in [4.69, 9.17) is 5.11 Å². The van der Waals surface area contributed by atoms with Crippen LogP contribution < -0.4 is 5.32 Å². The molecule has 0 aromatic rings. The molecule has 1 aliphatic carbocycles. The topological polar surface area (TPSA) is 32.3 Å². The summed E-state index contributed by atoms with van der Waals surface area (Å²) in [5, 5.41) is 12.4. The maximum atomic E-state index is 9.02. The van der Waals surface area contributed by atoms with E-state index in [-0.39, 0.29) is 6.10 Å². The van der Waals surface area contributed by atoms with Crippen molar-refractivity contribution in [3.05, 3.63) is 0 Å². The van der Waals surface area contributed by atoms with Crippen LogP contribution in [0.3, 0.4) is 0 Å². The van der Waals surface area contributed by atoms with E-state index in [0.29, 0.717) is 6.04 Å². The van der Waals surface area contributed by atoms with Crippen molar-refractivity contribution in [1.29, 1.82) is 0 Å². The quantitative estimate of drug-likeness (QED) is 0.644. The van der Waals surface area contributed by atoms with Gasteiger partial charge in [-0.1, -0.05) is 6.92 Å². The van der Waals surface area contributed by atoms with Gasteiger partial charge in [0, 0.05) is 12.6 Å². The predicted molar refractivity (Wildman–Crippen MR) is 46.5 cm³/mol. The van der Waals surface area contributed by atoms with Crippen molar-refractivity contribution in [3.63, 3.8) is 0 Å². The Kier molecular flexibility index (Phi) is 3.34. The first-order chi connectivity index (χ1) is 5.18. The molecule has 1 aliphatic rings. The molecule has 1 saturated carbocycles. The van der Waals surface area contributed by atoms with Crippen LogP contribution in [0, 0.1) is 5.92 Å². The summed E-state index contributed by atoms with van der Waals surface area (Å²) >= 11 is 0. The zero-order valence-corrected chi connectivity index (χ0v) is 7.51. The van der Waals surface area contributed by atoms with Crippen LogP contribution in [-0.2, 0) is 0 Å². The van der Waals surface area contributed by atoms with Crippen molar-refractivity contribution < 1.29 is 5.11 Å². The van der Waals surface area contributed by atoms with E-state index in [1.54, 1.807) is 0 Å². The lowest BCUT2D eigenvalue weighted by atomic mass is 10.1. The zero-order chi connectivity index (χ0) is 8.27. The van der Waals surface area contributed by atoms with Crippen molar-refractivity contribution in [2.24, 2.45) is 5.92 Å². The first kappa shape index (κ1) is 9.01. The fourth-order valence-corrected chi connectivity index (χ4v) is 1.73. The lowest BCUT2D eigenvalue weighted by Gasteiger charge is -2.13. The van der Waals surface area contributed by atoms with Gasteiger partial charge >= 0.3 is 0 Å². The zero-order valence-electron chi connectivity index (χ0n) is 7.51. The summed E-state index contributed by atoms with van der Waals surface area (Å²) in [6, 6.07) is 0.666. The minimum atomic E-state index is -0.203. The lowest BCUT2D eigenvalue weighted by Crippen LogP contribution is -2.32. The largest absolute Gasteiger partial charge is 0.392 e. The molecular weight excluding hydrogens is 138 g/mol. The van der Waals surface area contributed by atoms with Gasteiger partial charge in [0.1, 0.15) is 0 Å². The molecule has 0 unspecified atom stereocenters. The minimum Gasteiger partial charge on any atom is -0.392 e. The fourth-order valence-electron chi connectivity index (χ4n) is 1.73. The summed E-state index contributed by atoms with van der Waals surface area (Å²) in [6.45, 7) is 4.87. The third-order valence-electron chi connectivity index (χ3n) is 2.40. The van der Waals surface area contributed by atoms with Gasteiger partial charge in [-0.05, 0) is 32.1 Å².